The summed E-state index contributed by atoms with van der Waals surface area (Å²) in [4.78, 5) is 19.7. The third kappa shape index (κ3) is 2.85. The molecule has 2 heterocycles. The smallest absolute Gasteiger partial charge is 0.255 e. The standard InChI is InChI=1S/C13H18FN3O/c1-16-7-3-4-11(9-16)17(2)13(18)10-5-6-12(14)15-8-10/h5-6,8,11H,3-4,7,9H2,1-2H3. The summed E-state index contributed by atoms with van der Waals surface area (Å²) in [5, 5.41) is 0. The summed E-state index contributed by atoms with van der Waals surface area (Å²) >= 11 is 0. The topological polar surface area (TPSA) is 36.4 Å². The highest BCUT2D eigenvalue weighted by molar-refractivity contribution is 5.93. The number of likely N-dealkylation sites (tertiary alicyclic amines) is 1. The van der Waals surface area contributed by atoms with Crippen LogP contribution in [-0.2, 0) is 0 Å². The van der Waals surface area contributed by atoms with E-state index in [1.54, 1.807) is 11.9 Å². The van der Waals surface area contributed by atoms with Crippen molar-refractivity contribution >= 4 is 5.91 Å². The molecule has 0 saturated carbocycles. The average Bonchev–Trinajstić information content (AvgIpc) is 2.38. The Morgan fingerprint density at radius 1 is 1.56 bits per heavy atom. The van der Waals surface area contributed by atoms with Gasteiger partial charge in [-0.1, -0.05) is 0 Å². The molecule has 1 aliphatic rings. The van der Waals surface area contributed by atoms with Crippen molar-refractivity contribution in [2.45, 2.75) is 18.9 Å². The van der Waals surface area contributed by atoms with Crippen molar-refractivity contribution in [3.8, 4) is 0 Å². The highest BCUT2D eigenvalue weighted by Gasteiger charge is 2.25. The minimum Gasteiger partial charge on any atom is -0.337 e. The molecule has 1 unspecified atom stereocenters. The molecule has 0 N–H and O–H groups in total. The second-order valence-corrected chi connectivity index (χ2v) is 4.84. The van der Waals surface area contributed by atoms with Crippen molar-refractivity contribution in [1.82, 2.24) is 14.8 Å². The number of hydrogen-bond donors (Lipinski definition) is 0. The van der Waals surface area contributed by atoms with Crippen molar-refractivity contribution in [2.24, 2.45) is 0 Å². The zero-order valence-corrected chi connectivity index (χ0v) is 10.8. The van der Waals surface area contributed by atoms with Gasteiger partial charge in [0.2, 0.25) is 5.95 Å². The highest BCUT2D eigenvalue weighted by atomic mass is 19.1. The first-order valence-electron chi connectivity index (χ1n) is 6.15. The van der Waals surface area contributed by atoms with Crippen LogP contribution in [0.2, 0.25) is 0 Å². The number of rotatable bonds is 2. The summed E-state index contributed by atoms with van der Waals surface area (Å²) in [6, 6.07) is 2.92. The van der Waals surface area contributed by atoms with Crippen LogP contribution in [0.4, 0.5) is 4.39 Å². The van der Waals surface area contributed by atoms with E-state index in [0.29, 0.717) is 5.56 Å². The van der Waals surface area contributed by atoms with Crippen LogP contribution in [0.15, 0.2) is 18.3 Å². The van der Waals surface area contributed by atoms with E-state index in [9.17, 15) is 9.18 Å². The number of likely N-dealkylation sites (N-methyl/N-ethyl adjacent to an activating group) is 2. The third-order valence-electron chi connectivity index (χ3n) is 3.44. The first-order valence-corrected chi connectivity index (χ1v) is 6.15. The van der Waals surface area contributed by atoms with Gasteiger partial charge in [-0.2, -0.15) is 4.39 Å². The van der Waals surface area contributed by atoms with Crippen molar-refractivity contribution in [1.29, 1.82) is 0 Å². The molecule has 0 aromatic carbocycles. The maximum atomic E-state index is 12.7. The summed E-state index contributed by atoms with van der Waals surface area (Å²) < 4.78 is 12.7. The molecule has 1 aromatic heterocycles. The van der Waals surface area contributed by atoms with E-state index in [-0.39, 0.29) is 11.9 Å². The molecule has 98 valence electrons. The number of pyridine rings is 1. The Morgan fingerprint density at radius 3 is 2.94 bits per heavy atom. The summed E-state index contributed by atoms with van der Waals surface area (Å²) in [5.41, 5.74) is 0.437. The van der Waals surface area contributed by atoms with Gasteiger partial charge < -0.3 is 9.80 Å². The maximum absolute atomic E-state index is 12.7. The Bertz CT molecular complexity index is 421. The van der Waals surface area contributed by atoms with E-state index in [1.165, 1.54) is 18.3 Å². The first kappa shape index (κ1) is 13.0. The SMILES string of the molecule is CN1CCCC(N(C)C(=O)c2ccc(F)nc2)C1. The molecule has 1 fully saturated rings. The second kappa shape index (κ2) is 5.44. The van der Waals surface area contributed by atoms with Gasteiger partial charge in [-0.15, -0.1) is 0 Å². The van der Waals surface area contributed by atoms with Gasteiger partial charge in [-0.05, 0) is 38.6 Å². The Morgan fingerprint density at radius 2 is 2.33 bits per heavy atom. The zero-order valence-electron chi connectivity index (χ0n) is 10.8. The summed E-state index contributed by atoms with van der Waals surface area (Å²) in [5.74, 6) is -0.658. The van der Waals surface area contributed by atoms with Crippen molar-refractivity contribution in [3.05, 3.63) is 29.8 Å². The Kier molecular flexibility index (Phi) is 3.91. The predicted molar refractivity (Wildman–Crippen MR) is 66.8 cm³/mol. The molecule has 5 heteroatoms. The van der Waals surface area contributed by atoms with Crippen LogP contribution in [0.25, 0.3) is 0 Å². The van der Waals surface area contributed by atoms with E-state index < -0.39 is 5.95 Å². The lowest BCUT2D eigenvalue weighted by atomic mass is 10.0. The minimum absolute atomic E-state index is 0.0946. The monoisotopic (exact) mass is 251 g/mol. The Hall–Kier alpha value is -1.49. The maximum Gasteiger partial charge on any atom is 0.255 e. The van der Waals surface area contributed by atoms with Gasteiger partial charge in [0.05, 0.1) is 5.56 Å². The molecule has 0 radical (unpaired) electrons. The first-order chi connectivity index (χ1) is 8.58. The molecule has 18 heavy (non-hydrogen) atoms. The lowest BCUT2D eigenvalue weighted by Gasteiger charge is -2.35. The van der Waals surface area contributed by atoms with Gasteiger partial charge in [0.1, 0.15) is 0 Å². The van der Waals surface area contributed by atoms with E-state index in [0.717, 1.165) is 25.9 Å². The fourth-order valence-corrected chi connectivity index (χ4v) is 2.33. The normalized spacial score (nSPS) is 20.7. The van der Waals surface area contributed by atoms with Crippen LogP contribution in [0.3, 0.4) is 0 Å². The van der Waals surface area contributed by atoms with E-state index in [1.807, 2.05) is 0 Å². The number of amides is 1. The predicted octanol–water partition coefficient (Wildman–Crippen LogP) is 1.39. The molecule has 2 rings (SSSR count). The van der Waals surface area contributed by atoms with Gasteiger partial charge >= 0.3 is 0 Å². The van der Waals surface area contributed by atoms with E-state index >= 15 is 0 Å². The van der Waals surface area contributed by atoms with Crippen LogP contribution in [0.1, 0.15) is 23.2 Å². The molecule has 1 aliphatic heterocycles. The molecule has 1 aromatic rings. The van der Waals surface area contributed by atoms with Gasteiger partial charge in [-0.25, -0.2) is 4.98 Å². The van der Waals surface area contributed by atoms with Crippen molar-refractivity contribution in [3.63, 3.8) is 0 Å². The Labute approximate surface area is 106 Å². The molecule has 1 saturated heterocycles. The van der Waals surface area contributed by atoms with E-state index in [2.05, 4.69) is 16.9 Å². The zero-order chi connectivity index (χ0) is 13.1. The molecular weight excluding hydrogens is 233 g/mol. The highest BCUT2D eigenvalue weighted by Crippen LogP contribution is 2.15. The molecule has 1 amide bonds. The number of nitrogens with zero attached hydrogens (tertiary/aromatic N) is 3. The van der Waals surface area contributed by atoms with Crippen LogP contribution in [-0.4, -0.2) is 53.9 Å². The quantitative estimate of drug-likeness (QED) is 0.745. The lowest BCUT2D eigenvalue weighted by Crippen LogP contribution is -2.47. The number of carbonyl (C=O) groups is 1. The number of aromatic nitrogens is 1. The van der Waals surface area contributed by atoms with Crippen LogP contribution >= 0.6 is 0 Å². The summed E-state index contributed by atoms with van der Waals surface area (Å²) in [6.45, 7) is 1.97. The molecule has 1 atom stereocenters. The second-order valence-electron chi connectivity index (χ2n) is 4.84. The number of halogens is 1. The van der Waals surface area contributed by atoms with Gasteiger partial charge in [0.15, 0.2) is 0 Å². The van der Waals surface area contributed by atoms with Crippen LogP contribution < -0.4 is 0 Å². The Balaban J connectivity index is 2.06. The van der Waals surface area contributed by atoms with E-state index in [4.69, 9.17) is 0 Å². The van der Waals surface area contributed by atoms with Crippen molar-refractivity contribution in [2.75, 3.05) is 27.2 Å². The number of hydrogen-bond acceptors (Lipinski definition) is 3. The van der Waals surface area contributed by atoms with Crippen LogP contribution in [0.5, 0.6) is 0 Å². The molecule has 0 spiro atoms. The fraction of sp³-hybridized carbons (Fsp3) is 0.538. The van der Waals surface area contributed by atoms with Gasteiger partial charge in [0.25, 0.3) is 5.91 Å². The molecule has 0 bridgehead atoms. The van der Waals surface area contributed by atoms with Crippen molar-refractivity contribution < 1.29 is 9.18 Å². The minimum atomic E-state index is -0.563. The van der Waals surface area contributed by atoms with Gasteiger partial charge in [-0.3, -0.25) is 4.79 Å². The summed E-state index contributed by atoms with van der Waals surface area (Å²) in [7, 11) is 3.86. The lowest BCUT2D eigenvalue weighted by molar-refractivity contribution is 0.0643. The number of piperidine rings is 1. The molecular formula is C13H18FN3O. The average molecular weight is 251 g/mol. The fourth-order valence-electron chi connectivity index (χ4n) is 2.33. The third-order valence-corrected chi connectivity index (χ3v) is 3.44. The largest absolute Gasteiger partial charge is 0.337 e. The number of carbonyl (C=O) groups excluding carboxylic acids is 1. The van der Waals surface area contributed by atoms with Crippen LogP contribution in [0, 0.1) is 5.95 Å². The molecule has 4 nitrogen and oxygen atoms in total. The van der Waals surface area contributed by atoms with Gasteiger partial charge in [0, 0.05) is 25.8 Å². The molecule has 0 aliphatic carbocycles. The summed E-state index contributed by atoms with van der Waals surface area (Å²) in [6.07, 6.45) is 3.41.